The minimum Gasteiger partial charge on any atom is -0.464 e. The van der Waals surface area contributed by atoms with Crippen molar-refractivity contribution in [3.05, 3.63) is 35.3 Å². The number of hydrogen-bond acceptors (Lipinski definition) is 2. The molecule has 0 amide bonds. The fourth-order valence-electron chi connectivity index (χ4n) is 2.83. The Labute approximate surface area is 109 Å². The van der Waals surface area contributed by atoms with E-state index in [1.54, 1.807) is 5.57 Å². The van der Waals surface area contributed by atoms with Gasteiger partial charge in [-0.2, -0.15) is 0 Å². The van der Waals surface area contributed by atoms with Gasteiger partial charge in [-0.15, -0.1) is 0 Å². The second kappa shape index (κ2) is 5.31. The molecule has 0 radical (unpaired) electrons. The lowest BCUT2D eigenvalue weighted by molar-refractivity contribution is 0.445. The molecule has 0 spiro atoms. The molecule has 2 aliphatic rings. The summed E-state index contributed by atoms with van der Waals surface area (Å²) in [6, 6.07) is 4.28. The number of nitrogens with one attached hydrogen (secondary N) is 1. The molecule has 1 aromatic rings. The van der Waals surface area contributed by atoms with Crippen LogP contribution in [0.5, 0.6) is 0 Å². The van der Waals surface area contributed by atoms with Crippen molar-refractivity contribution < 1.29 is 4.42 Å². The monoisotopic (exact) mass is 245 g/mol. The molecule has 1 saturated carbocycles. The zero-order valence-corrected chi connectivity index (χ0v) is 11.2. The van der Waals surface area contributed by atoms with Crippen molar-refractivity contribution >= 4 is 0 Å². The van der Waals surface area contributed by atoms with Crippen LogP contribution in [0.15, 0.2) is 28.2 Å². The van der Waals surface area contributed by atoms with Crippen LogP contribution >= 0.6 is 0 Å². The number of rotatable bonds is 6. The molecule has 0 bridgehead atoms. The van der Waals surface area contributed by atoms with Crippen molar-refractivity contribution in [2.45, 2.75) is 51.5 Å². The topological polar surface area (TPSA) is 25.2 Å². The molecular weight excluding hydrogens is 222 g/mol. The van der Waals surface area contributed by atoms with Crippen molar-refractivity contribution in [3.63, 3.8) is 0 Å². The van der Waals surface area contributed by atoms with Gasteiger partial charge in [-0.1, -0.05) is 18.6 Å². The average molecular weight is 245 g/mol. The van der Waals surface area contributed by atoms with Gasteiger partial charge in [0, 0.05) is 5.92 Å². The summed E-state index contributed by atoms with van der Waals surface area (Å²) in [4.78, 5) is 0. The van der Waals surface area contributed by atoms with Crippen molar-refractivity contribution in [2.75, 3.05) is 6.54 Å². The Morgan fingerprint density at radius 2 is 2.28 bits per heavy atom. The van der Waals surface area contributed by atoms with E-state index < -0.39 is 0 Å². The third-order valence-electron chi connectivity index (χ3n) is 4.21. The summed E-state index contributed by atoms with van der Waals surface area (Å²) in [6.07, 6.45) is 8.86. The Morgan fingerprint density at radius 1 is 1.39 bits per heavy atom. The highest BCUT2D eigenvalue weighted by molar-refractivity contribution is 5.17. The Bertz CT molecular complexity index is 432. The molecule has 1 N–H and O–H groups in total. The largest absolute Gasteiger partial charge is 0.464 e. The average Bonchev–Trinajstić information content (AvgIpc) is 2.86. The van der Waals surface area contributed by atoms with Crippen LogP contribution in [0.25, 0.3) is 0 Å². The first-order chi connectivity index (χ1) is 8.83. The summed E-state index contributed by atoms with van der Waals surface area (Å²) in [6.45, 7) is 4.23. The van der Waals surface area contributed by atoms with Crippen LogP contribution in [0, 0.1) is 5.92 Å². The number of allylic oxidation sites excluding steroid dienone is 1. The van der Waals surface area contributed by atoms with Gasteiger partial charge < -0.3 is 9.73 Å². The van der Waals surface area contributed by atoms with E-state index in [9.17, 15) is 0 Å². The van der Waals surface area contributed by atoms with Gasteiger partial charge in [0.05, 0.1) is 6.54 Å². The third kappa shape index (κ3) is 2.86. The van der Waals surface area contributed by atoms with Crippen LogP contribution in [0.4, 0.5) is 0 Å². The molecule has 3 rings (SSSR count). The lowest BCUT2D eigenvalue weighted by Gasteiger charge is -2.03. The zero-order valence-electron chi connectivity index (χ0n) is 11.2. The van der Waals surface area contributed by atoms with Crippen LogP contribution in [-0.4, -0.2) is 6.54 Å². The van der Waals surface area contributed by atoms with Gasteiger partial charge in [0.25, 0.3) is 0 Å². The molecular formula is C16H23NO. The van der Waals surface area contributed by atoms with Gasteiger partial charge in [-0.05, 0) is 56.7 Å². The van der Waals surface area contributed by atoms with E-state index in [0.29, 0.717) is 5.92 Å². The van der Waals surface area contributed by atoms with Crippen LogP contribution < -0.4 is 5.32 Å². The van der Waals surface area contributed by atoms with Crippen molar-refractivity contribution in [3.8, 4) is 0 Å². The lowest BCUT2D eigenvalue weighted by atomic mass is 10.2. The molecule has 1 aromatic heterocycles. The van der Waals surface area contributed by atoms with E-state index in [4.69, 9.17) is 4.42 Å². The van der Waals surface area contributed by atoms with Crippen LogP contribution in [-0.2, 0) is 6.54 Å². The van der Waals surface area contributed by atoms with Crippen molar-refractivity contribution in [1.82, 2.24) is 5.32 Å². The fourth-order valence-corrected chi connectivity index (χ4v) is 2.83. The van der Waals surface area contributed by atoms with E-state index in [-0.39, 0.29) is 0 Å². The quantitative estimate of drug-likeness (QED) is 0.605. The standard InChI is InChI=1S/C16H23NO/c1-12-10-15(12)16-7-6-14(18-16)11-17-9-8-13-4-2-3-5-13/h4,6-7,12,15,17H,2-3,5,8-11H2,1H3. The molecule has 2 atom stereocenters. The second-order valence-corrected chi connectivity index (χ2v) is 5.80. The fraction of sp³-hybridized carbons (Fsp3) is 0.625. The van der Waals surface area contributed by atoms with Crippen LogP contribution in [0.2, 0.25) is 0 Å². The first kappa shape index (κ1) is 12.0. The third-order valence-corrected chi connectivity index (χ3v) is 4.21. The molecule has 0 saturated heterocycles. The van der Waals surface area contributed by atoms with Gasteiger partial charge in [0.1, 0.15) is 11.5 Å². The Morgan fingerprint density at radius 3 is 3.00 bits per heavy atom. The summed E-state index contributed by atoms with van der Waals surface area (Å²) < 4.78 is 5.87. The molecule has 2 heteroatoms. The van der Waals surface area contributed by atoms with Gasteiger partial charge >= 0.3 is 0 Å². The molecule has 0 aliphatic heterocycles. The maximum Gasteiger partial charge on any atom is 0.117 e. The molecule has 18 heavy (non-hydrogen) atoms. The number of hydrogen-bond donors (Lipinski definition) is 1. The van der Waals surface area contributed by atoms with E-state index in [2.05, 4.69) is 30.4 Å². The first-order valence-electron chi connectivity index (χ1n) is 7.30. The van der Waals surface area contributed by atoms with Crippen LogP contribution in [0.3, 0.4) is 0 Å². The molecule has 2 nitrogen and oxygen atoms in total. The molecule has 0 aromatic carbocycles. The minimum absolute atomic E-state index is 0.697. The predicted octanol–water partition coefficient (Wildman–Crippen LogP) is 3.99. The van der Waals surface area contributed by atoms with Crippen LogP contribution in [0.1, 0.15) is 56.5 Å². The van der Waals surface area contributed by atoms with E-state index >= 15 is 0 Å². The van der Waals surface area contributed by atoms with E-state index in [1.165, 1.54) is 37.9 Å². The zero-order chi connectivity index (χ0) is 12.4. The summed E-state index contributed by atoms with van der Waals surface area (Å²) in [5.41, 5.74) is 1.63. The highest BCUT2D eigenvalue weighted by Gasteiger charge is 2.36. The highest BCUT2D eigenvalue weighted by atomic mass is 16.3. The highest BCUT2D eigenvalue weighted by Crippen LogP contribution is 2.47. The normalized spacial score (nSPS) is 26.4. The van der Waals surface area contributed by atoms with E-state index in [0.717, 1.165) is 24.8 Å². The first-order valence-corrected chi connectivity index (χ1v) is 7.30. The summed E-state index contributed by atoms with van der Waals surface area (Å²) in [7, 11) is 0. The molecule has 1 heterocycles. The van der Waals surface area contributed by atoms with Gasteiger partial charge in [-0.3, -0.25) is 0 Å². The number of furan rings is 1. The molecule has 98 valence electrons. The lowest BCUT2D eigenvalue weighted by Crippen LogP contribution is -2.14. The van der Waals surface area contributed by atoms with Gasteiger partial charge in [-0.25, -0.2) is 0 Å². The van der Waals surface area contributed by atoms with Crippen molar-refractivity contribution in [1.29, 1.82) is 0 Å². The maximum absolute atomic E-state index is 5.87. The Kier molecular flexibility index (Phi) is 3.55. The molecule has 2 unspecified atom stereocenters. The van der Waals surface area contributed by atoms with Gasteiger partial charge in [0.2, 0.25) is 0 Å². The molecule has 1 fully saturated rings. The summed E-state index contributed by atoms with van der Waals surface area (Å²) >= 11 is 0. The SMILES string of the molecule is CC1CC1c1ccc(CNCCC2=CCCC2)o1. The second-order valence-electron chi connectivity index (χ2n) is 5.80. The Balaban J connectivity index is 1.38. The van der Waals surface area contributed by atoms with Gasteiger partial charge in [0.15, 0.2) is 0 Å². The minimum atomic E-state index is 0.697. The maximum atomic E-state index is 5.87. The van der Waals surface area contributed by atoms with Crippen molar-refractivity contribution in [2.24, 2.45) is 5.92 Å². The smallest absolute Gasteiger partial charge is 0.117 e. The summed E-state index contributed by atoms with van der Waals surface area (Å²) in [5.74, 6) is 3.80. The molecule has 2 aliphatic carbocycles. The summed E-state index contributed by atoms with van der Waals surface area (Å²) in [5, 5.41) is 3.48. The Hall–Kier alpha value is -1.02. The predicted molar refractivity (Wildman–Crippen MR) is 73.5 cm³/mol. The van der Waals surface area contributed by atoms with E-state index in [1.807, 2.05) is 0 Å².